The van der Waals surface area contributed by atoms with Gasteiger partial charge in [-0.3, -0.25) is 9.88 Å². The number of pyridine rings is 1. The Bertz CT molecular complexity index is 614. The molecule has 1 aliphatic heterocycles. The van der Waals surface area contributed by atoms with E-state index in [2.05, 4.69) is 66.3 Å². The van der Waals surface area contributed by atoms with E-state index in [1.807, 2.05) is 18.5 Å². The highest BCUT2D eigenvalue weighted by atomic mass is 15.2. The Morgan fingerprint density at radius 2 is 1.96 bits per heavy atom. The topological polar surface area (TPSA) is 28.2 Å². The molecule has 0 spiro atoms. The first-order chi connectivity index (χ1) is 11.0. The lowest BCUT2D eigenvalue weighted by Crippen LogP contribution is -2.45. The second kappa shape index (κ2) is 6.81. The van der Waals surface area contributed by atoms with Gasteiger partial charge in [0.15, 0.2) is 0 Å². The van der Waals surface area contributed by atoms with Crippen LogP contribution in [0.2, 0.25) is 0 Å². The highest BCUT2D eigenvalue weighted by Gasteiger charge is 2.24. The Kier molecular flexibility index (Phi) is 4.79. The second-order valence-electron chi connectivity index (χ2n) is 7.42. The van der Waals surface area contributed by atoms with Gasteiger partial charge in [-0.1, -0.05) is 51.1 Å². The summed E-state index contributed by atoms with van der Waals surface area (Å²) in [5.74, 6) is 0. The molecule has 0 bridgehead atoms. The van der Waals surface area contributed by atoms with Crippen LogP contribution in [0.15, 0.2) is 48.8 Å². The van der Waals surface area contributed by atoms with Crippen LogP contribution in [0.1, 0.15) is 43.5 Å². The zero-order valence-electron chi connectivity index (χ0n) is 14.4. The smallest absolute Gasteiger partial charge is 0.0491 e. The third-order valence-electron chi connectivity index (χ3n) is 4.63. The van der Waals surface area contributed by atoms with Gasteiger partial charge in [-0.25, -0.2) is 0 Å². The van der Waals surface area contributed by atoms with Gasteiger partial charge in [-0.2, -0.15) is 0 Å². The number of piperazine rings is 1. The van der Waals surface area contributed by atoms with Crippen molar-refractivity contribution in [3.63, 3.8) is 0 Å². The zero-order chi connectivity index (χ0) is 16.3. The van der Waals surface area contributed by atoms with Crippen molar-refractivity contribution in [3.05, 3.63) is 65.5 Å². The Morgan fingerprint density at radius 1 is 1.17 bits per heavy atom. The molecule has 1 aliphatic rings. The van der Waals surface area contributed by atoms with Crippen molar-refractivity contribution >= 4 is 0 Å². The normalized spacial score (nSPS) is 19.7. The van der Waals surface area contributed by atoms with Crippen molar-refractivity contribution in [3.8, 4) is 0 Å². The number of aromatic nitrogens is 1. The average molecular weight is 309 g/mol. The third-order valence-corrected chi connectivity index (χ3v) is 4.63. The molecule has 1 unspecified atom stereocenters. The number of hydrogen-bond acceptors (Lipinski definition) is 3. The van der Waals surface area contributed by atoms with E-state index in [0.717, 1.165) is 26.2 Å². The fourth-order valence-electron chi connectivity index (χ4n) is 3.18. The molecule has 3 rings (SSSR count). The molecule has 2 heterocycles. The predicted molar refractivity (Wildman–Crippen MR) is 95.4 cm³/mol. The summed E-state index contributed by atoms with van der Waals surface area (Å²) in [5.41, 5.74) is 4.29. The summed E-state index contributed by atoms with van der Waals surface area (Å²) in [4.78, 5) is 6.84. The minimum Gasteiger partial charge on any atom is -0.314 e. The van der Waals surface area contributed by atoms with Crippen molar-refractivity contribution in [2.24, 2.45) is 0 Å². The number of benzene rings is 1. The van der Waals surface area contributed by atoms with Gasteiger partial charge in [-0.15, -0.1) is 0 Å². The molecule has 3 nitrogen and oxygen atoms in total. The van der Waals surface area contributed by atoms with Crippen molar-refractivity contribution < 1.29 is 0 Å². The van der Waals surface area contributed by atoms with E-state index in [1.54, 1.807) is 0 Å². The van der Waals surface area contributed by atoms with E-state index in [4.69, 9.17) is 0 Å². The maximum absolute atomic E-state index is 4.29. The first kappa shape index (κ1) is 16.2. The summed E-state index contributed by atoms with van der Waals surface area (Å²) in [7, 11) is 0. The van der Waals surface area contributed by atoms with Gasteiger partial charge in [-0.05, 0) is 28.2 Å². The van der Waals surface area contributed by atoms with E-state index in [9.17, 15) is 0 Å². The van der Waals surface area contributed by atoms with Crippen LogP contribution in [0.3, 0.4) is 0 Å². The molecule has 1 saturated heterocycles. The number of hydrogen-bond donors (Lipinski definition) is 1. The van der Waals surface area contributed by atoms with Gasteiger partial charge < -0.3 is 5.32 Å². The van der Waals surface area contributed by atoms with Crippen LogP contribution in [0.5, 0.6) is 0 Å². The van der Waals surface area contributed by atoms with Crippen molar-refractivity contribution in [1.29, 1.82) is 0 Å². The van der Waals surface area contributed by atoms with Crippen LogP contribution in [0.4, 0.5) is 0 Å². The molecule has 1 atom stereocenters. The summed E-state index contributed by atoms with van der Waals surface area (Å²) < 4.78 is 0. The fraction of sp³-hybridized carbons (Fsp3) is 0.450. The van der Waals surface area contributed by atoms with E-state index in [-0.39, 0.29) is 5.41 Å². The van der Waals surface area contributed by atoms with Crippen LogP contribution >= 0.6 is 0 Å². The molecule has 2 aromatic rings. The zero-order valence-corrected chi connectivity index (χ0v) is 14.4. The quantitative estimate of drug-likeness (QED) is 0.940. The van der Waals surface area contributed by atoms with Gasteiger partial charge in [0.1, 0.15) is 0 Å². The molecule has 122 valence electrons. The molecule has 0 aliphatic carbocycles. The highest BCUT2D eigenvalue weighted by molar-refractivity contribution is 5.28. The Labute approximate surface area is 139 Å². The summed E-state index contributed by atoms with van der Waals surface area (Å²) in [6.07, 6.45) is 3.84. The lowest BCUT2D eigenvalue weighted by atomic mass is 9.86. The number of rotatable bonds is 3. The summed E-state index contributed by atoms with van der Waals surface area (Å²) >= 11 is 0. The number of nitrogens with zero attached hydrogens (tertiary/aromatic N) is 2. The van der Waals surface area contributed by atoms with E-state index in [0.29, 0.717) is 6.04 Å². The lowest BCUT2D eigenvalue weighted by molar-refractivity contribution is 0.153. The molecule has 23 heavy (non-hydrogen) atoms. The Morgan fingerprint density at radius 3 is 2.61 bits per heavy atom. The molecule has 3 heteroatoms. The molecule has 1 aromatic carbocycles. The lowest BCUT2D eigenvalue weighted by Gasteiger charge is -2.36. The van der Waals surface area contributed by atoms with E-state index < -0.39 is 0 Å². The Hall–Kier alpha value is -1.71. The highest BCUT2D eigenvalue weighted by Crippen LogP contribution is 2.25. The molecular formula is C20H27N3. The van der Waals surface area contributed by atoms with Crippen LogP contribution in [-0.2, 0) is 12.0 Å². The number of nitrogens with one attached hydrogen (secondary N) is 1. The van der Waals surface area contributed by atoms with Gasteiger partial charge in [0, 0.05) is 44.6 Å². The van der Waals surface area contributed by atoms with E-state index in [1.165, 1.54) is 16.7 Å². The van der Waals surface area contributed by atoms with Crippen LogP contribution in [-0.4, -0.2) is 29.5 Å². The van der Waals surface area contributed by atoms with Crippen molar-refractivity contribution in [2.45, 2.75) is 38.8 Å². The van der Waals surface area contributed by atoms with Crippen molar-refractivity contribution in [2.75, 3.05) is 19.6 Å². The molecule has 1 aromatic heterocycles. The van der Waals surface area contributed by atoms with Gasteiger partial charge in [0.2, 0.25) is 0 Å². The maximum Gasteiger partial charge on any atom is 0.0491 e. The predicted octanol–water partition coefficient (Wildman–Crippen LogP) is 3.53. The molecule has 1 N–H and O–H groups in total. The fourth-order valence-corrected chi connectivity index (χ4v) is 3.18. The maximum atomic E-state index is 4.29. The summed E-state index contributed by atoms with van der Waals surface area (Å²) in [6, 6.07) is 13.7. The van der Waals surface area contributed by atoms with Crippen LogP contribution < -0.4 is 5.32 Å². The minimum absolute atomic E-state index is 0.214. The van der Waals surface area contributed by atoms with Gasteiger partial charge in [0.05, 0.1) is 0 Å². The molecule has 0 amide bonds. The third kappa shape index (κ3) is 3.98. The largest absolute Gasteiger partial charge is 0.314 e. The first-order valence-electron chi connectivity index (χ1n) is 8.48. The molecule has 0 saturated carbocycles. The molecular weight excluding hydrogens is 282 g/mol. The first-order valence-corrected chi connectivity index (χ1v) is 8.48. The minimum atomic E-state index is 0.214. The van der Waals surface area contributed by atoms with Gasteiger partial charge in [0.25, 0.3) is 0 Å². The van der Waals surface area contributed by atoms with Crippen LogP contribution in [0.25, 0.3) is 0 Å². The summed E-state index contributed by atoms with van der Waals surface area (Å²) in [5, 5.41) is 3.51. The summed E-state index contributed by atoms with van der Waals surface area (Å²) in [6.45, 7) is 10.9. The molecule has 1 fully saturated rings. The van der Waals surface area contributed by atoms with Crippen LogP contribution in [0, 0.1) is 0 Å². The molecule has 0 radical (unpaired) electrons. The average Bonchev–Trinajstić information content (AvgIpc) is 2.56. The monoisotopic (exact) mass is 309 g/mol. The Balaban J connectivity index is 1.75. The standard InChI is InChI=1S/C20H27N3/c1-20(2,3)18-8-6-16(7-9-18)15-23-12-11-22-14-19(23)17-5-4-10-21-13-17/h4-10,13,19,22H,11-12,14-15H2,1-3H3. The SMILES string of the molecule is CC(C)(C)c1ccc(CN2CCNCC2c2cccnc2)cc1. The van der Waals surface area contributed by atoms with Crippen molar-refractivity contribution in [1.82, 2.24) is 15.2 Å². The van der Waals surface area contributed by atoms with E-state index >= 15 is 0 Å². The second-order valence-corrected chi connectivity index (χ2v) is 7.42. The van der Waals surface area contributed by atoms with Gasteiger partial charge >= 0.3 is 0 Å².